The van der Waals surface area contributed by atoms with Crippen molar-refractivity contribution in [2.24, 2.45) is 11.1 Å². The lowest BCUT2D eigenvalue weighted by molar-refractivity contribution is -0.136. The largest absolute Gasteiger partial charge is 0.481 e. The Balaban J connectivity index is 1.68. The molecule has 0 amide bonds. The van der Waals surface area contributed by atoms with Crippen molar-refractivity contribution < 1.29 is 14.7 Å². The summed E-state index contributed by atoms with van der Waals surface area (Å²) in [5, 5.41) is 13.3. The third-order valence-electron chi connectivity index (χ3n) is 8.49. The molecule has 2 heterocycles. The van der Waals surface area contributed by atoms with Crippen LogP contribution >= 0.6 is 0 Å². The topological polar surface area (TPSA) is 97.0 Å². The lowest BCUT2D eigenvalue weighted by atomic mass is 9.80. The number of carboxylic acid groups (broad SMARTS) is 1. The molecule has 4 rings (SSSR count). The molecule has 208 valence electrons. The predicted molar refractivity (Wildman–Crippen MR) is 151 cm³/mol. The van der Waals surface area contributed by atoms with Gasteiger partial charge in [0.25, 0.3) is 5.56 Å². The summed E-state index contributed by atoms with van der Waals surface area (Å²) in [7, 11) is 1.40. The highest BCUT2D eigenvalue weighted by molar-refractivity contribution is 6.00. The molecule has 8 heteroatoms. The number of aliphatic carboxylic acids is 1. The highest BCUT2D eigenvalue weighted by Crippen LogP contribution is 2.37. The number of benzene rings is 1. The molecule has 38 heavy (non-hydrogen) atoms. The van der Waals surface area contributed by atoms with Gasteiger partial charge in [-0.3, -0.25) is 14.5 Å². The van der Waals surface area contributed by atoms with Gasteiger partial charge in [0.1, 0.15) is 12.8 Å². The number of likely N-dealkylation sites (tertiary alicyclic amines) is 1. The number of hydrogen-bond acceptors (Lipinski definition) is 6. The van der Waals surface area contributed by atoms with Gasteiger partial charge in [-0.1, -0.05) is 63.2 Å². The van der Waals surface area contributed by atoms with Crippen molar-refractivity contribution in [1.29, 1.82) is 0 Å². The molecule has 2 aromatic rings. The lowest BCUT2D eigenvalue weighted by Crippen LogP contribution is -2.51. The Morgan fingerprint density at radius 2 is 1.87 bits per heavy atom. The lowest BCUT2D eigenvalue weighted by Gasteiger charge is -2.47. The van der Waals surface area contributed by atoms with Crippen LogP contribution in [0.4, 0.5) is 0 Å². The van der Waals surface area contributed by atoms with Crippen LogP contribution in [0.2, 0.25) is 0 Å². The Morgan fingerprint density at radius 1 is 1.08 bits per heavy atom. The van der Waals surface area contributed by atoms with Crippen LogP contribution in [0.25, 0.3) is 11.0 Å². The van der Waals surface area contributed by atoms with Crippen molar-refractivity contribution >= 4 is 22.7 Å². The van der Waals surface area contributed by atoms with Crippen LogP contribution in [0.15, 0.2) is 34.2 Å². The second-order valence-electron chi connectivity index (χ2n) is 11.1. The molecule has 0 bridgehead atoms. The van der Waals surface area contributed by atoms with E-state index in [2.05, 4.69) is 28.9 Å². The minimum Gasteiger partial charge on any atom is -0.481 e. The molecule has 2 aliphatic rings. The molecule has 2 fully saturated rings. The van der Waals surface area contributed by atoms with Crippen LogP contribution in [0.1, 0.15) is 103 Å². The van der Waals surface area contributed by atoms with Crippen LogP contribution in [-0.4, -0.2) is 57.0 Å². The average molecular weight is 525 g/mol. The molecule has 1 saturated heterocycles. The van der Waals surface area contributed by atoms with Gasteiger partial charge >= 0.3 is 5.97 Å². The monoisotopic (exact) mass is 524 g/mol. The maximum Gasteiger partial charge on any atom is 0.303 e. The Hall–Kier alpha value is -2.74. The first-order chi connectivity index (χ1) is 18.5. The Labute approximate surface area is 226 Å². The normalized spacial score (nSPS) is 25.0. The smallest absolute Gasteiger partial charge is 0.303 e. The van der Waals surface area contributed by atoms with Crippen LogP contribution < -0.4 is 5.56 Å². The molecule has 1 saturated carbocycles. The van der Waals surface area contributed by atoms with Gasteiger partial charge in [0, 0.05) is 31.1 Å². The van der Waals surface area contributed by atoms with Gasteiger partial charge in [0.05, 0.1) is 17.5 Å². The molecular weight excluding hydrogens is 480 g/mol. The molecule has 1 N–H and O–H groups in total. The molecule has 1 aromatic carbocycles. The number of carboxylic acids is 1. The van der Waals surface area contributed by atoms with Crippen molar-refractivity contribution in [2.45, 2.75) is 109 Å². The van der Waals surface area contributed by atoms with Crippen molar-refractivity contribution in [1.82, 2.24) is 14.5 Å². The number of hydrogen-bond donors (Lipinski definition) is 1. The van der Waals surface area contributed by atoms with Crippen LogP contribution in [0.5, 0.6) is 0 Å². The number of rotatable bonds is 11. The van der Waals surface area contributed by atoms with Gasteiger partial charge in [-0.15, -0.1) is 0 Å². The quantitative estimate of drug-likeness (QED) is 0.296. The number of fused-ring (bicyclic) bond motifs is 1. The highest BCUT2D eigenvalue weighted by atomic mass is 16.6. The summed E-state index contributed by atoms with van der Waals surface area (Å²) in [6, 6.07) is 8.89. The number of para-hydroxylation sites is 2. The molecule has 0 radical (unpaired) electrons. The summed E-state index contributed by atoms with van der Waals surface area (Å²) < 4.78 is 1.92. The molecule has 4 atom stereocenters. The van der Waals surface area contributed by atoms with E-state index in [1.54, 1.807) is 0 Å². The van der Waals surface area contributed by atoms with E-state index in [9.17, 15) is 14.7 Å². The SMILES string of the molecule is CCCC1CCC[C@H](N2CC[C@@H](n3c(=O)c(/C(CCC(=O)O)=N/OC)nc4ccccc43)C[C@H]2CCC)C1. The molecule has 1 aliphatic carbocycles. The van der Waals surface area contributed by atoms with Gasteiger partial charge in [0.15, 0.2) is 5.69 Å². The zero-order valence-electron chi connectivity index (χ0n) is 23.3. The Bertz CT molecular complexity index is 1170. The summed E-state index contributed by atoms with van der Waals surface area (Å²) in [4.78, 5) is 37.7. The Morgan fingerprint density at radius 3 is 2.61 bits per heavy atom. The second kappa shape index (κ2) is 13.4. The first-order valence-electron chi connectivity index (χ1n) is 14.6. The second-order valence-corrected chi connectivity index (χ2v) is 11.1. The van der Waals surface area contributed by atoms with E-state index in [0.717, 1.165) is 43.7 Å². The fraction of sp³-hybridized carbons (Fsp3) is 0.667. The van der Waals surface area contributed by atoms with E-state index in [4.69, 9.17) is 4.84 Å². The van der Waals surface area contributed by atoms with Crippen molar-refractivity contribution in [3.05, 3.63) is 40.3 Å². The summed E-state index contributed by atoms with van der Waals surface area (Å²) in [6.45, 7) is 5.55. The fourth-order valence-electron chi connectivity index (χ4n) is 6.86. The molecule has 0 spiro atoms. The van der Waals surface area contributed by atoms with Crippen molar-refractivity contribution in [2.75, 3.05) is 13.7 Å². The average Bonchev–Trinajstić information content (AvgIpc) is 2.91. The van der Waals surface area contributed by atoms with Crippen LogP contribution in [0, 0.1) is 5.92 Å². The third-order valence-corrected chi connectivity index (χ3v) is 8.49. The van der Waals surface area contributed by atoms with Gasteiger partial charge in [0.2, 0.25) is 0 Å². The first-order valence-corrected chi connectivity index (χ1v) is 14.6. The number of aromatic nitrogens is 2. The van der Waals surface area contributed by atoms with Gasteiger partial charge in [-0.25, -0.2) is 4.98 Å². The van der Waals surface area contributed by atoms with E-state index in [1.807, 2.05) is 28.8 Å². The number of piperidine rings is 1. The van der Waals surface area contributed by atoms with Crippen molar-refractivity contribution in [3.8, 4) is 0 Å². The van der Waals surface area contributed by atoms with E-state index >= 15 is 0 Å². The summed E-state index contributed by atoms with van der Waals surface area (Å²) in [5.74, 6) is -0.106. The fourth-order valence-corrected chi connectivity index (χ4v) is 6.86. The zero-order valence-corrected chi connectivity index (χ0v) is 23.3. The first kappa shape index (κ1) is 28.3. The number of carbonyl (C=O) groups is 1. The van der Waals surface area contributed by atoms with Gasteiger partial charge < -0.3 is 14.5 Å². The molecule has 1 aliphatic heterocycles. The van der Waals surface area contributed by atoms with Crippen LogP contribution in [0.3, 0.4) is 0 Å². The number of nitrogens with zero attached hydrogens (tertiary/aromatic N) is 4. The van der Waals surface area contributed by atoms with E-state index in [0.29, 0.717) is 17.6 Å². The minimum absolute atomic E-state index is 0.0558. The van der Waals surface area contributed by atoms with E-state index in [-0.39, 0.29) is 35.8 Å². The molecule has 1 unspecified atom stereocenters. The third kappa shape index (κ3) is 6.45. The van der Waals surface area contributed by atoms with Crippen molar-refractivity contribution in [3.63, 3.8) is 0 Å². The minimum atomic E-state index is -0.950. The standard InChI is InChI=1S/C30H44N4O4/c1-4-9-21-11-8-12-23(19-21)33-18-17-24(20-22(33)10-5-2)34-27-14-7-6-13-25(27)31-29(30(34)37)26(32-38-3)15-16-28(35)36/h6-7,13-14,21-24H,4-5,8-12,15-20H2,1-3H3,(H,35,36)/b32-26+/t21?,22-,23+,24-/m1/s1. The zero-order chi connectivity index (χ0) is 27.1. The Kier molecular flexibility index (Phi) is 9.94. The molecule has 1 aromatic heterocycles. The summed E-state index contributed by atoms with van der Waals surface area (Å²) in [6.07, 6.45) is 11.9. The maximum absolute atomic E-state index is 14.0. The summed E-state index contributed by atoms with van der Waals surface area (Å²) in [5.41, 5.74) is 1.80. The van der Waals surface area contributed by atoms with Crippen LogP contribution in [-0.2, 0) is 9.63 Å². The molecular formula is C30H44N4O4. The number of oxime groups is 1. The van der Waals surface area contributed by atoms with E-state index in [1.165, 1.54) is 45.6 Å². The van der Waals surface area contributed by atoms with Gasteiger partial charge in [-0.2, -0.15) is 0 Å². The van der Waals surface area contributed by atoms with Gasteiger partial charge in [-0.05, 0) is 50.2 Å². The maximum atomic E-state index is 14.0. The van der Waals surface area contributed by atoms with E-state index < -0.39 is 5.97 Å². The molecule has 8 nitrogen and oxygen atoms in total. The highest BCUT2D eigenvalue weighted by Gasteiger charge is 2.36. The predicted octanol–water partition coefficient (Wildman–Crippen LogP) is 5.78. The summed E-state index contributed by atoms with van der Waals surface area (Å²) >= 11 is 0.